The Kier molecular flexibility index (Phi) is 6.78. The van der Waals surface area contributed by atoms with E-state index in [4.69, 9.17) is 0 Å². The Hall–Kier alpha value is -0.380. The standard InChI is InChI=1S/C14H29N3/c1-5-7-15-10-13(2)11-17-9-6-8-16(4)12-14(17)3/h14-15H,2,5-12H2,1,3-4H3. The van der Waals surface area contributed by atoms with Gasteiger partial charge in [-0.15, -0.1) is 0 Å². The Morgan fingerprint density at radius 3 is 2.88 bits per heavy atom. The molecule has 100 valence electrons. The van der Waals surface area contributed by atoms with Crippen molar-refractivity contribution in [3.8, 4) is 0 Å². The van der Waals surface area contributed by atoms with Crippen LogP contribution in [0, 0.1) is 0 Å². The van der Waals surface area contributed by atoms with Crippen LogP contribution in [-0.4, -0.2) is 62.2 Å². The van der Waals surface area contributed by atoms with Crippen molar-refractivity contribution in [2.45, 2.75) is 32.7 Å². The number of likely N-dealkylation sites (N-methyl/N-ethyl adjacent to an activating group) is 1. The minimum Gasteiger partial charge on any atom is -0.313 e. The lowest BCUT2D eigenvalue weighted by Gasteiger charge is -2.28. The van der Waals surface area contributed by atoms with E-state index in [1.54, 1.807) is 0 Å². The summed E-state index contributed by atoms with van der Waals surface area (Å²) in [5.74, 6) is 0. The lowest BCUT2D eigenvalue weighted by molar-refractivity contribution is 0.216. The molecule has 1 fully saturated rings. The van der Waals surface area contributed by atoms with E-state index in [2.05, 4.69) is 42.6 Å². The molecule has 0 saturated carbocycles. The number of nitrogens with zero attached hydrogens (tertiary/aromatic N) is 2. The van der Waals surface area contributed by atoms with Gasteiger partial charge in [-0.2, -0.15) is 0 Å². The van der Waals surface area contributed by atoms with Crippen molar-refractivity contribution >= 4 is 0 Å². The van der Waals surface area contributed by atoms with Gasteiger partial charge >= 0.3 is 0 Å². The quantitative estimate of drug-likeness (QED) is 0.561. The monoisotopic (exact) mass is 239 g/mol. The van der Waals surface area contributed by atoms with Gasteiger partial charge < -0.3 is 10.2 Å². The van der Waals surface area contributed by atoms with Gasteiger partial charge in [-0.05, 0) is 45.5 Å². The first-order chi connectivity index (χ1) is 8.13. The third-order valence-electron chi connectivity index (χ3n) is 3.41. The number of hydrogen-bond acceptors (Lipinski definition) is 3. The zero-order chi connectivity index (χ0) is 12.7. The first kappa shape index (κ1) is 14.7. The average molecular weight is 239 g/mol. The summed E-state index contributed by atoms with van der Waals surface area (Å²) in [6, 6.07) is 0.644. The van der Waals surface area contributed by atoms with Crippen molar-refractivity contribution in [2.75, 3.05) is 46.3 Å². The number of nitrogens with one attached hydrogen (secondary N) is 1. The Balaban J connectivity index is 2.30. The summed E-state index contributed by atoms with van der Waals surface area (Å²) < 4.78 is 0. The van der Waals surface area contributed by atoms with Crippen LogP contribution < -0.4 is 5.32 Å². The van der Waals surface area contributed by atoms with Crippen molar-refractivity contribution in [3.05, 3.63) is 12.2 Å². The van der Waals surface area contributed by atoms with Crippen molar-refractivity contribution in [2.24, 2.45) is 0 Å². The Morgan fingerprint density at radius 1 is 1.41 bits per heavy atom. The molecule has 0 aromatic carbocycles. The summed E-state index contributed by atoms with van der Waals surface area (Å²) in [7, 11) is 2.22. The molecule has 1 saturated heterocycles. The second-order valence-corrected chi connectivity index (χ2v) is 5.36. The molecule has 1 N–H and O–H groups in total. The average Bonchev–Trinajstić information content (AvgIpc) is 2.41. The van der Waals surface area contributed by atoms with E-state index in [0.29, 0.717) is 6.04 Å². The van der Waals surface area contributed by atoms with Gasteiger partial charge in [0.2, 0.25) is 0 Å². The second-order valence-electron chi connectivity index (χ2n) is 5.36. The third-order valence-corrected chi connectivity index (χ3v) is 3.41. The van der Waals surface area contributed by atoms with E-state index in [0.717, 1.165) is 19.6 Å². The SMILES string of the molecule is C=C(CNCCC)CN1CCCN(C)CC1C. The van der Waals surface area contributed by atoms with Crippen LogP contribution in [0.2, 0.25) is 0 Å². The normalized spacial score (nSPS) is 23.6. The molecule has 1 aliphatic heterocycles. The van der Waals surface area contributed by atoms with E-state index in [1.807, 2.05) is 0 Å². The van der Waals surface area contributed by atoms with Crippen molar-refractivity contribution in [1.82, 2.24) is 15.1 Å². The van der Waals surface area contributed by atoms with Gasteiger partial charge in [0.15, 0.2) is 0 Å². The Labute approximate surface area is 107 Å². The summed E-state index contributed by atoms with van der Waals surface area (Å²) in [6.07, 6.45) is 2.47. The van der Waals surface area contributed by atoms with Gasteiger partial charge in [0.05, 0.1) is 0 Å². The molecule has 0 aromatic heterocycles. The van der Waals surface area contributed by atoms with Crippen molar-refractivity contribution in [3.63, 3.8) is 0 Å². The predicted molar refractivity (Wildman–Crippen MR) is 75.4 cm³/mol. The molecule has 1 unspecified atom stereocenters. The fourth-order valence-corrected chi connectivity index (χ4v) is 2.44. The van der Waals surface area contributed by atoms with Gasteiger partial charge in [-0.25, -0.2) is 0 Å². The molecule has 0 spiro atoms. The Bertz CT molecular complexity index is 228. The molecular weight excluding hydrogens is 210 g/mol. The van der Waals surface area contributed by atoms with Gasteiger partial charge in [0.1, 0.15) is 0 Å². The summed E-state index contributed by atoms with van der Waals surface area (Å²) in [5, 5.41) is 3.43. The molecular formula is C14H29N3. The van der Waals surface area contributed by atoms with Crippen LogP contribution in [0.5, 0.6) is 0 Å². The molecule has 1 aliphatic rings. The van der Waals surface area contributed by atoms with Gasteiger partial charge in [-0.1, -0.05) is 13.5 Å². The summed E-state index contributed by atoms with van der Waals surface area (Å²) >= 11 is 0. The number of hydrogen-bond donors (Lipinski definition) is 1. The molecule has 0 aromatic rings. The lowest BCUT2D eigenvalue weighted by Crippen LogP contribution is -2.39. The van der Waals surface area contributed by atoms with Crippen LogP contribution in [0.1, 0.15) is 26.7 Å². The fourth-order valence-electron chi connectivity index (χ4n) is 2.44. The maximum Gasteiger partial charge on any atom is 0.0206 e. The van der Waals surface area contributed by atoms with Gasteiger partial charge in [0, 0.05) is 32.2 Å². The second kappa shape index (κ2) is 7.85. The molecule has 17 heavy (non-hydrogen) atoms. The van der Waals surface area contributed by atoms with Gasteiger partial charge in [0.25, 0.3) is 0 Å². The highest BCUT2D eigenvalue weighted by molar-refractivity contribution is 5.01. The van der Waals surface area contributed by atoms with E-state index < -0.39 is 0 Å². The van der Waals surface area contributed by atoms with Crippen LogP contribution in [0.3, 0.4) is 0 Å². The maximum absolute atomic E-state index is 4.19. The zero-order valence-corrected chi connectivity index (χ0v) is 11.8. The molecule has 0 amide bonds. The van der Waals surface area contributed by atoms with Gasteiger partial charge in [-0.3, -0.25) is 4.90 Å². The summed E-state index contributed by atoms with van der Waals surface area (Å²) in [5.41, 5.74) is 1.31. The molecule has 0 radical (unpaired) electrons. The minimum atomic E-state index is 0.644. The third kappa shape index (κ3) is 5.66. The lowest BCUT2D eigenvalue weighted by atomic mass is 10.2. The first-order valence-electron chi connectivity index (χ1n) is 6.93. The number of rotatable bonds is 6. The smallest absolute Gasteiger partial charge is 0.0206 e. The maximum atomic E-state index is 4.19. The first-order valence-corrected chi connectivity index (χ1v) is 6.93. The van der Waals surface area contributed by atoms with Crippen LogP contribution in [0.15, 0.2) is 12.2 Å². The molecule has 1 atom stereocenters. The summed E-state index contributed by atoms with van der Waals surface area (Å²) in [6.45, 7) is 15.4. The Morgan fingerprint density at radius 2 is 2.18 bits per heavy atom. The zero-order valence-electron chi connectivity index (χ0n) is 11.8. The minimum absolute atomic E-state index is 0.644. The van der Waals surface area contributed by atoms with E-state index >= 15 is 0 Å². The molecule has 1 heterocycles. The van der Waals surface area contributed by atoms with E-state index in [1.165, 1.54) is 38.0 Å². The van der Waals surface area contributed by atoms with Crippen molar-refractivity contribution in [1.29, 1.82) is 0 Å². The van der Waals surface area contributed by atoms with Crippen LogP contribution in [0.25, 0.3) is 0 Å². The largest absolute Gasteiger partial charge is 0.313 e. The van der Waals surface area contributed by atoms with Crippen LogP contribution in [-0.2, 0) is 0 Å². The highest BCUT2D eigenvalue weighted by Gasteiger charge is 2.19. The topological polar surface area (TPSA) is 18.5 Å². The predicted octanol–water partition coefficient (Wildman–Crippen LogP) is 1.57. The van der Waals surface area contributed by atoms with Crippen LogP contribution >= 0.6 is 0 Å². The fraction of sp³-hybridized carbons (Fsp3) is 0.857. The van der Waals surface area contributed by atoms with E-state index in [-0.39, 0.29) is 0 Å². The molecule has 0 bridgehead atoms. The highest BCUT2D eigenvalue weighted by atomic mass is 15.2. The van der Waals surface area contributed by atoms with Crippen LogP contribution in [0.4, 0.5) is 0 Å². The van der Waals surface area contributed by atoms with E-state index in [9.17, 15) is 0 Å². The molecule has 1 rings (SSSR count). The molecule has 0 aliphatic carbocycles. The van der Waals surface area contributed by atoms with Crippen molar-refractivity contribution < 1.29 is 0 Å². The molecule has 3 heteroatoms. The summed E-state index contributed by atoms with van der Waals surface area (Å²) in [4.78, 5) is 5.00. The highest BCUT2D eigenvalue weighted by Crippen LogP contribution is 2.10. The molecule has 3 nitrogen and oxygen atoms in total.